The molecule has 0 aromatic heterocycles. The summed E-state index contributed by atoms with van der Waals surface area (Å²) in [5.41, 5.74) is 0.496. The highest BCUT2D eigenvalue weighted by molar-refractivity contribution is 9.10. The van der Waals surface area contributed by atoms with Crippen molar-refractivity contribution in [2.75, 3.05) is 7.05 Å². The Morgan fingerprint density at radius 2 is 2.00 bits per heavy atom. The standard InChI is InChI=1S/C14H15BrClNO2/c1-17(9-5-7-10(18)8-6-9)14(19)11-3-2-4-12(15)13(11)16/h2-4,9H,5-8H2,1H3. The summed E-state index contributed by atoms with van der Waals surface area (Å²) in [6.07, 6.45) is 2.61. The van der Waals surface area contributed by atoms with Gasteiger partial charge < -0.3 is 4.90 Å². The van der Waals surface area contributed by atoms with Crippen LogP contribution in [0.25, 0.3) is 0 Å². The van der Waals surface area contributed by atoms with Gasteiger partial charge in [-0.3, -0.25) is 9.59 Å². The second kappa shape index (κ2) is 6.06. The summed E-state index contributed by atoms with van der Waals surface area (Å²) in [4.78, 5) is 25.4. The van der Waals surface area contributed by atoms with E-state index in [9.17, 15) is 9.59 Å². The molecule has 1 saturated carbocycles. The second-order valence-corrected chi connectivity index (χ2v) is 6.02. The third kappa shape index (κ3) is 3.18. The van der Waals surface area contributed by atoms with Crippen molar-refractivity contribution in [2.24, 2.45) is 0 Å². The average molecular weight is 345 g/mol. The van der Waals surface area contributed by atoms with Gasteiger partial charge in [0.05, 0.1) is 10.6 Å². The fourth-order valence-electron chi connectivity index (χ4n) is 2.34. The van der Waals surface area contributed by atoms with Gasteiger partial charge in [-0.25, -0.2) is 0 Å². The van der Waals surface area contributed by atoms with Gasteiger partial charge in [-0.05, 0) is 40.9 Å². The average Bonchev–Trinajstić information content (AvgIpc) is 2.41. The van der Waals surface area contributed by atoms with Crippen LogP contribution in [0.3, 0.4) is 0 Å². The lowest BCUT2D eigenvalue weighted by atomic mass is 9.93. The molecule has 2 rings (SSSR count). The molecule has 3 nitrogen and oxygen atoms in total. The number of nitrogens with zero attached hydrogens (tertiary/aromatic N) is 1. The molecule has 0 spiro atoms. The number of carbonyl (C=O) groups excluding carboxylic acids is 2. The molecule has 0 saturated heterocycles. The van der Waals surface area contributed by atoms with Gasteiger partial charge >= 0.3 is 0 Å². The van der Waals surface area contributed by atoms with Crippen LogP contribution in [0.5, 0.6) is 0 Å². The summed E-state index contributed by atoms with van der Waals surface area (Å²) in [5.74, 6) is 0.197. The van der Waals surface area contributed by atoms with Crippen molar-refractivity contribution < 1.29 is 9.59 Å². The number of hydrogen-bond donors (Lipinski definition) is 0. The lowest BCUT2D eigenvalue weighted by Gasteiger charge is -2.31. The lowest BCUT2D eigenvalue weighted by molar-refractivity contribution is -0.121. The lowest BCUT2D eigenvalue weighted by Crippen LogP contribution is -2.39. The fraction of sp³-hybridized carbons (Fsp3) is 0.429. The van der Waals surface area contributed by atoms with Crippen LogP contribution in [0.1, 0.15) is 36.0 Å². The third-order valence-electron chi connectivity index (χ3n) is 3.56. The van der Waals surface area contributed by atoms with E-state index < -0.39 is 0 Å². The van der Waals surface area contributed by atoms with Crippen molar-refractivity contribution in [3.8, 4) is 0 Å². The minimum absolute atomic E-state index is 0.0920. The van der Waals surface area contributed by atoms with E-state index in [1.54, 1.807) is 30.1 Å². The summed E-state index contributed by atoms with van der Waals surface area (Å²) < 4.78 is 0.715. The Hall–Kier alpha value is -0.870. The highest BCUT2D eigenvalue weighted by atomic mass is 79.9. The van der Waals surface area contributed by atoms with E-state index in [0.29, 0.717) is 27.9 Å². The van der Waals surface area contributed by atoms with Crippen LogP contribution in [0.2, 0.25) is 5.02 Å². The monoisotopic (exact) mass is 343 g/mol. The van der Waals surface area contributed by atoms with Crippen LogP contribution in [0.15, 0.2) is 22.7 Å². The zero-order valence-electron chi connectivity index (χ0n) is 10.7. The summed E-state index contributed by atoms with van der Waals surface area (Å²) in [6.45, 7) is 0. The van der Waals surface area contributed by atoms with Crippen molar-refractivity contribution in [1.29, 1.82) is 0 Å². The van der Waals surface area contributed by atoms with E-state index in [0.717, 1.165) is 12.8 Å². The molecule has 102 valence electrons. The molecule has 0 unspecified atom stereocenters. The zero-order valence-corrected chi connectivity index (χ0v) is 13.0. The number of amides is 1. The SMILES string of the molecule is CN(C(=O)c1cccc(Br)c1Cl)C1CCC(=O)CC1. The molecule has 0 heterocycles. The van der Waals surface area contributed by atoms with Crippen molar-refractivity contribution in [3.63, 3.8) is 0 Å². The quantitative estimate of drug-likeness (QED) is 0.820. The Balaban J connectivity index is 2.15. The first-order chi connectivity index (χ1) is 9.00. The molecule has 5 heteroatoms. The Labute approximate surface area is 126 Å². The molecule has 1 amide bonds. The Morgan fingerprint density at radius 1 is 1.37 bits per heavy atom. The van der Waals surface area contributed by atoms with Crippen molar-refractivity contribution in [3.05, 3.63) is 33.3 Å². The minimum Gasteiger partial charge on any atom is -0.339 e. The first-order valence-electron chi connectivity index (χ1n) is 6.23. The van der Waals surface area contributed by atoms with E-state index in [1.165, 1.54) is 0 Å². The molecule has 19 heavy (non-hydrogen) atoms. The Kier molecular flexibility index (Phi) is 4.63. The Bertz CT molecular complexity index is 508. The molecule has 1 aliphatic carbocycles. The van der Waals surface area contributed by atoms with E-state index in [4.69, 9.17) is 11.6 Å². The van der Waals surface area contributed by atoms with Crippen molar-refractivity contribution in [1.82, 2.24) is 4.90 Å². The van der Waals surface area contributed by atoms with Crippen LogP contribution < -0.4 is 0 Å². The fourth-order valence-corrected chi connectivity index (χ4v) is 2.91. The molecule has 1 aromatic rings. The minimum atomic E-state index is -0.0920. The molecule has 0 aliphatic heterocycles. The first kappa shape index (κ1) is 14.5. The van der Waals surface area contributed by atoms with Gasteiger partial charge in [0.2, 0.25) is 0 Å². The van der Waals surface area contributed by atoms with E-state index in [2.05, 4.69) is 15.9 Å². The van der Waals surface area contributed by atoms with Crippen LogP contribution in [0, 0.1) is 0 Å². The molecule has 0 N–H and O–H groups in total. The second-order valence-electron chi connectivity index (χ2n) is 4.79. The predicted molar refractivity (Wildman–Crippen MR) is 78.5 cm³/mol. The summed E-state index contributed by atoms with van der Waals surface area (Å²) in [6, 6.07) is 5.44. The molecular weight excluding hydrogens is 330 g/mol. The summed E-state index contributed by atoms with van der Waals surface area (Å²) in [5, 5.41) is 0.436. The van der Waals surface area contributed by atoms with Crippen LogP contribution in [-0.4, -0.2) is 29.7 Å². The number of Topliss-reactive ketones (excluding diaryl/α,β-unsaturated/α-hetero) is 1. The van der Waals surface area contributed by atoms with Crippen LogP contribution >= 0.6 is 27.5 Å². The van der Waals surface area contributed by atoms with Crippen molar-refractivity contribution >= 4 is 39.2 Å². The summed E-state index contributed by atoms with van der Waals surface area (Å²) in [7, 11) is 1.78. The normalized spacial score (nSPS) is 16.5. The molecule has 0 atom stereocenters. The summed E-state index contributed by atoms with van der Waals surface area (Å²) >= 11 is 9.47. The van der Waals surface area contributed by atoms with Gasteiger partial charge in [-0.1, -0.05) is 17.7 Å². The first-order valence-corrected chi connectivity index (χ1v) is 7.40. The third-order valence-corrected chi connectivity index (χ3v) is 4.86. The molecule has 0 bridgehead atoms. The predicted octanol–water partition coefficient (Wildman–Crippen LogP) is 3.69. The number of carbonyl (C=O) groups is 2. The molecule has 0 radical (unpaired) electrons. The molecule has 1 aliphatic rings. The molecular formula is C14H15BrClNO2. The smallest absolute Gasteiger partial charge is 0.255 e. The number of ketones is 1. The maximum atomic E-state index is 12.4. The zero-order chi connectivity index (χ0) is 14.0. The number of rotatable bonds is 2. The van der Waals surface area contributed by atoms with Crippen LogP contribution in [0.4, 0.5) is 0 Å². The maximum Gasteiger partial charge on any atom is 0.255 e. The highest BCUT2D eigenvalue weighted by Gasteiger charge is 2.27. The maximum absolute atomic E-state index is 12.4. The van der Waals surface area contributed by atoms with E-state index in [1.807, 2.05) is 0 Å². The van der Waals surface area contributed by atoms with E-state index >= 15 is 0 Å². The van der Waals surface area contributed by atoms with Gasteiger partial charge in [-0.2, -0.15) is 0 Å². The van der Waals surface area contributed by atoms with E-state index in [-0.39, 0.29) is 17.7 Å². The van der Waals surface area contributed by atoms with Gasteiger partial charge in [-0.15, -0.1) is 0 Å². The number of halogens is 2. The number of benzene rings is 1. The topological polar surface area (TPSA) is 37.4 Å². The van der Waals surface area contributed by atoms with Gasteiger partial charge in [0, 0.05) is 30.4 Å². The highest BCUT2D eigenvalue weighted by Crippen LogP contribution is 2.28. The van der Waals surface area contributed by atoms with Gasteiger partial charge in [0.1, 0.15) is 5.78 Å². The molecule has 1 fully saturated rings. The van der Waals surface area contributed by atoms with Gasteiger partial charge in [0.15, 0.2) is 0 Å². The molecule has 1 aromatic carbocycles. The largest absolute Gasteiger partial charge is 0.339 e. The van der Waals surface area contributed by atoms with Crippen LogP contribution in [-0.2, 0) is 4.79 Å². The Morgan fingerprint density at radius 3 is 2.63 bits per heavy atom. The van der Waals surface area contributed by atoms with Crippen molar-refractivity contribution in [2.45, 2.75) is 31.7 Å². The number of hydrogen-bond acceptors (Lipinski definition) is 2. The van der Waals surface area contributed by atoms with Gasteiger partial charge in [0.25, 0.3) is 5.91 Å².